The van der Waals surface area contributed by atoms with Crippen LogP contribution in [0.15, 0.2) is 169 Å². The van der Waals surface area contributed by atoms with Crippen molar-refractivity contribution in [1.29, 1.82) is 0 Å². The van der Waals surface area contributed by atoms with Crippen molar-refractivity contribution >= 4 is 192 Å². The standard InChI is InChI=1S/C24H20Cl2N4O2S.C23H18Cl2N4O2S.C19H16BrCl2N3O2S.C5H4N.C5H11.2C4H9.Li.H2O.Sn/c1-13(2)21-20(14-7-8-17(25)18(26)11-14)29-24(33-21)30-22-16(23(31)32-3)10-15(12-28-22)19-6-4-5-9-27-19;1-12(2)20-19(13-6-7-16(24)17(25)10-13)28-23(32-20)29-21-15(22(30)31)9-14(11-27-21)18-5-3-4-8-26-18;1-9(2)16-15(10-4-5-13(21)14(22)6-10)24-19(28-16)25-17-12(18(26)27-3)7-11(20)8-23-17;1-2-4-6-5-3-1;1-3-5-4-2;2*1-3-4-2;;;/h4-13H,1-3H3,(H,28,29,30);3-12H,1-2H3,(H,30,31)(H,27,28,29);4-9H,1-3H3,(H,23,24,25);1-4H;1,3-5H2,2H3;2*1,3-4H2,2H3;;1H2;/q;;;;;;;+1;;/p-1. The number of hydrogen-bond acceptors (Lipinski definition) is 21. The largest absolute Gasteiger partial charge is 1.00 e. The van der Waals surface area contributed by atoms with Crippen molar-refractivity contribution in [1.82, 2.24) is 44.9 Å². The summed E-state index contributed by atoms with van der Waals surface area (Å²) < 4.78 is 16.6. The molecule has 115 heavy (non-hydrogen) atoms. The molecule has 598 valence electrons. The van der Waals surface area contributed by atoms with Gasteiger partial charge in [-0.05, 0) is 113 Å². The van der Waals surface area contributed by atoms with Gasteiger partial charge < -0.3 is 36.0 Å². The van der Waals surface area contributed by atoms with E-state index < -0.39 is 36.3 Å². The number of nitrogens with one attached hydrogen (secondary N) is 3. The van der Waals surface area contributed by atoms with E-state index in [2.05, 4.69) is 137 Å². The zero-order valence-electron chi connectivity index (χ0n) is 65.7. The van der Waals surface area contributed by atoms with Gasteiger partial charge in [0.1, 0.15) is 34.1 Å². The summed E-state index contributed by atoms with van der Waals surface area (Å²) in [5.41, 5.74) is 8.29. The van der Waals surface area contributed by atoms with Gasteiger partial charge in [-0.3, -0.25) is 9.97 Å². The number of halogens is 7. The van der Waals surface area contributed by atoms with Crippen LogP contribution in [0.5, 0.6) is 0 Å². The minimum atomic E-state index is -2.23. The SMILES string of the molecule is CC(C)c1sc(Nc2ncc(-c3ccccn3)cc2C(=O)O)nc1-c1ccc(Cl)c(Cl)c1.CCCC[CH2][Sn]([CH2]CCC)([CH2]CCC)[c]1ccccn1.COC(=O)c1cc(-c2ccccn2)cnc1Nc1nc(-c2ccc(Cl)c(Cl)c2)c(C(C)C)s1.COC(=O)c1cc(Br)cnc1Nc1nc(-c2ccc(Cl)c(Cl)c2)c(C(C)C)s1.[Li+].[OH-]. The van der Waals surface area contributed by atoms with Crippen LogP contribution in [-0.4, -0.2) is 106 Å². The number of carbonyl (C=O) groups excluding carboxylic acids is 2. The van der Waals surface area contributed by atoms with Crippen molar-refractivity contribution in [3.05, 3.63) is 231 Å². The molecule has 9 heterocycles. The van der Waals surface area contributed by atoms with Crippen LogP contribution in [0, 0.1) is 0 Å². The molecule has 0 fully saturated rings. The second kappa shape index (κ2) is 46.3. The van der Waals surface area contributed by atoms with Crippen LogP contribution >= 0.6 is 120 Å². The predicted molar refractivity (Wildman–Crippen MR) is 477 cm³/mol. The Morgan fingerprint density at radius 2 is 0.800 bits per heavy atom. The Kier molecular flexibility index (Phi) is 38.2. The molecule has 0 aliphatic carbocycles. The van der Waals surface area contributed by atoms with Gasteiger partial charge in [0.15, 0.2) is 15.4 Å². The maximum absolute atomic E-state index is 12.5. The number of benzene rings is 3. The molecular formula is C84H88BrCl6LiN12O7S3Sn. The number of methoxy groups -OCH3 is 2. The fourth-order valence-electron chi connectivity index (χ4n) is 12.1. The van der Waals surface area contributed by atoms with Gasteiger partial charge in [0.05, 0.1) is 72.8 Å². The van der Waals surface area contributed by atoms with Crippen molar-refractivity contribution < 1.29 is 53.3 Å². The monoisotopic (exact) mass is 1890 g/mol. The van der Waals surface area contributed by atoms with Crippen LogP contribution in [-0.2, 0) is 9.47 Å². The first-order valence-electron chi connectivity index (χ1n) is 36.8. The number of carboxylic acids is 1. The first-order valence-corrected chi connectivity index (χ1v) is 49.8. The van der Waals surface area contributed by atoms with Crippen molar-refractivity contribution in [2.24, 2.45) is 0 Å². The van der Waals surface area contributed by atoms with Crippen LogP contribution in [0.3, 0.4) is 0 Å². The third kappa shape index (κ3) is 25.9. The average Bonchev–Trinajstić information content (AvgIpc) is 1.71. The summed E-state index contributed by atoms with van der Waals surface area (Å²) >= 11 is 42.3. The molecular weight excluding hydrogens is 1800 g/mol. The summed E-state index contributed by atoms with van der Waals surface area (Å²) in [6.45, 7) is 19.5. The van der Waals surface area contributed by atoms with Crippen molar-refractivity contribution in [2.45, 2.75) is 138 Å². The van der Waals surface area contributed by atoms with E-state index in [-0.39, 0.29) is 59.0 Å². The van der Waals surface area contributed by atoms with Crippen LogP contribution in [0.1, 0.15) is 171 Å². The molecule has 31 heteroatoms. The van der Waals surface area contributed by atoms with Gasteiger partial charge in [0.2, 0.25) is 0 Å². The van der Waals surface area contributed by atoms with Gasteiger partial charge in [-0.25, -0.2) is 44.3 Å². The molecule has 12 aromatic rings. The summed E-state index contributed by atoms with van der Waals surface area (Å²) in [4.78, 5) is 80.4. The zero-order valence-corrected chi connectivity index (χ0v) is 77.1. The molecule has 19 nitrogen and oxygen atoms in total. The Morgan fingerprint density at radius 3 is 1.14 bits per heavy atom. The zero-order chi connectivity index (χ0) is 81.5. The molecule has 0 saturated heterocycles. The maximum Gasteiger partial charge on any atom is 1.00 e. The molecule has 0 atom stereocenters. The van der Waals surface area contributed by atoms with E-state index in [4.69, 9.17) is 99.0 Å². The number of thiazole rings is 3. The Labute approximate surface area is 738 Å². The van der Waals surface area contributed by atoms with E-state index in [9.17, 15) is 19.5 Å². The minimum Gasteiger partial charge on any atom is -0.870 e. The molecule has 0 aliphatic rings. The number of pyridine rings is 6. The molecule has 0 amide bonds. The third-order valence-electron chi connectivity index (χ3n) is 17.9. The number of nitrogens with zero attached hydrogens (tertiary/aromatic N) is 9. The van der Waals surface area contributed by atoms with Crippen molar-refractivity contribution in [3.8, 4) is 56.3 Å². The van der Waals surface area contributed by atoms with Crippen LogP contribution in [0.4, 0.5) is 32.8 Å². The normalized spacial score (nSPS) is 10.9. The minimum absolute atomic E-state index is 0. The van der Waals surface area contributed by atoms with E-state index in [1.54, 1.807) is 101 Å². The Morgan fingerprint density at radius 1 is 0.443 bits per heavy atom. The molecule has 0 saturated carbocycles. The molecule has 0 aliphatic heterocycles. The molecule has 12 rings (SSSR count). The van der Waals surface area contributed by atoms with Gasteiger partial charge in [-0.15, -0.1) is 34.0 Å². The van der Waals surface area contributed by atoms with Gasteiger partial charge in [-0.2, -0.15) is 0 Å². The summed E-state index contributed by atoms with van der Waals surface area (Å²) in [5.74, 6) is -0.477. The predicted octanol–water partition coefficient (Wildman–Crippen LogP) is 23.6. The second-order valence-electron chi connectivity index (χ2n) is 27.1. The topological polar surface area (TPSA) is 272 Å². The number of anilines is 6. The number of rotatable bonds is 28. The van der Waals surface area contributed by atoms with Crippen LogP contribution in [0.25, 0.3) is 56.3 Å². The number of carboxylic acid groups (broad SMARTS) is 1. The fourth-order valence-corrected chi connectivity index (χ4v) is 31.4. The fraction of sp³-hybridized carbons (Fsp3) is 0.286. The average molecular weight is 1890 g/mol. The van der Waals surface area contributed by atoms with Gasteiger partial charge >= 0.3 is 167 Å². The molecule has 0 bridgehead atoms. The molecule has 5 N–H and O–H groups in total. The molecule has 3 aromatic carbocycles. The Bertz CT molecular complexity index is 5210. The number of esters is 2. The van der Waals surface area contributed by atoms with Gasteiger partial charge in [0.25, 0.3) is 0 Å². The maximum atomic E-state index is 12.5. The Balaban J connectivity index is 0.000000214. The summed E-state index contributed by atoms with van der Waals surface area (Å²) in [7, 11) is 2.66. The summed E-state index contributed by atoms with van der Waals surface area (Å²) in [6.07, 6.45) is 19.9. The molecule has 0 spiro atoms. The van der Waals surface area contributed by atoms with Crippen molar-refractivity contribution in [3.63, 3.8) is 0 Å². The van der Waals surface area contributed by atoms with E-state index in [0.29, 0.717) is 89.7 Å². The summed E-state index contributed by atoms with van der Waals surface area (Å²) in [6, 6.07) is 38.8. The van der Waals surface area contributed by atoms with Crippen molar-refractivity contribution in [2.75, 3.05) is 30.2 Å². The van der Waals surface area contributed by atoms with Crippen LogP contribution < -0.4 is 38.5 Å². The molecule has 0 unspecified atom stereocenters. The third-order valence-corrected chi connectivity index (χ3v) is 39.5. The van der Waals surface area contributed by atoms with Gasteiger partial charge in [-0.1, -0.05) is 141 Å². The first kappa shape index (κ1) is 95.0. The van der Waals surface area contributed by atoms with E-state index >= 15 is 0 Å². The summed E-state index contributed by atoms with van der Waals surface area (Å²) in [5, 5.41) is 23.8. The number of ether oxygens (including phenoxy) is 2. The number of hydrogen-bond donors (Lipinski definition) is 4. The Hall–Kier alpha value is -7.16. The van der Waals surface area contributed by atoms with E-state index in [0.717, 1.165) is 48.4 Å². The second-order valence-corrected chi connectivity index (χ2v) is 46.6. The van der Waals surface area contributed by atoms with Crippen LogP contribution in [0.2, 0.25) is 43.4 Å². The smallest absolute Gasteiger partial charge is 0.870 e. The molecule has 0 radical (unpaired) electrons. The molecule has 9 aromatic heterocycles. The van der Waals surface area contributed by atoms with E-state index in [1.165, 1.54) is 106 Å². The van der Waals surface area contributed by atoms with E-state index in [1.807, 2.05) is 48.7 Å². The first-order chi connectivity index (χ1) is 54.3. The number of aromatic carboxylic acids is 1. The number of carbonyl (C=O) groups is 3. The number of unbranched alkanes of at least 4 members (excludes halogenated alkanes) is 4. The van der Waals surface area contributed by atoms with Gasteiger partial charge in [0, 0.05) is 77.9 Å². The number of aromatic nitrogens is 9. The quantitative estimate of drug-likeness (QED) is 0.0201.